The molecule has 1 aliphatic heterocycles. The van der Waals surface area contributed by atoms with Gasteiger partial charge in [-0.1, -0.05) is 18.2 Å². The van der Waals surface area contributed by atoms with Crippen molar-refractivity contribution in [2.45, 2.75) is 6.04 Å². The first-order valence-electron chi connectivity index (χ1n) is 9.77. The largest absolute Gasteiger partial charge is 0.507 e. The van der Waals surface area contributed by atoms with Crippen LogP contribution in [0.25, 0.3) is 16.7 Å². The maximum absolute atomic E-state index is 13.1. The summed E-state index contributed by atoms with van der Waals surface area (Å²) in [5.41, 5.74) is 2.39. The standard InChI is InChI=1S/C23H24N4O3/c1-25(2)12-13-27-20(17-14-26(3)18-7-5-4-6-16(17)18)19(22(29)23(27)30)21(28)15-8-10-24-11-9-15/h4-11,14,20,28H,12-13H2,1-3H3/b21-19+. The highest BCUT2D eigenvalue weighted by molar-refractivity contribution is 6.46. The average molecular weight is 404 g/mol. The lowest BCUT2D eigenvalue weighted by Gasteiger charge is -2.26. The molecular formula is C23H24N4O3. The molecule has 1 aromatic carbocycles. The number of amides is 1. The first-order valence-corrected chi connectivity index (χ1v) is 9.77. The van der Waals surface area contributed by atoms with Crippen molar-refractivity contribution in [1.82, 2.24) is 19.4 Å². The number of carbonyl (C=O) groups is 2. The van der Waals surface area contributed by atoms with E-state index >= 15 is 0 Å². The lowest BCUT2D eigenvalue weighted by atomic mass is 9.95. The van der Waals surface area contributed by atoms with Gasteiger partial charge in [0.2, 0.25) is 0 Å². The first-order chi connectivity index (χ1) is 14.4. The SMILES string of the molecule is CN(C)CCN1C(=O)C(=O)/C(=C(/O)c2ccncc2)C1c1cn(C)c2ccccc12. The lowest BCUT2D eigenvalue weighted by molar-refractivity contribution is -0.140. The Labute approximate surface area is 174 Å². The number of likely N-dealkylation sites (N-methyl/N-ethyl adjacent to an activating group) is 1. The molecule has 1 saturated heterocycles. The molecule has 0 bridgehead atoms. The average Bonchev–Trinajstić information content (AvgIpc) is 3.21. The predicted molar refractivity (Wildman–Crippen MR) is 115 cm³/mol. The minimum absolute atomic E-state index is 0.112. The van der Waals surface area contributed by atoms with Gasteiger partial charge in [-0.3, -0.25) is 14.6 Å². The number of aromatic nitrogens is 2. The van der Waals surface area contributed by atoms with Crippen LogP contribution in [0.5, 0.6) is 0 Å². The van der Waals surface area contributed by atoms with E-state index in [0.29, 0.717) is 18.7 Å². The minimum atomic E-state index is -0.666. The number of hydrogen-bond acceptors (Lipinski definition) is 5. The summed E-state index contributed by atoms with van der Waals surface area (Å²) in [6.45, 7) is 0.974. The summed E-state index contributed by atoms with van der Waals surface area (Å²) in [6.07, 6.45) is 5.03. The first kappa shape index (κ1) is 19.8. The summed E-state index contributed by atoms with van der Waals surface area (Å²) in [4.78, 5) is 33.5. The monoisotopic (exact) mass is 404 g/mol. The van der Waals surface area contributed by atoms with Crippen molar-refractivity contribution >= 4 is 28.4 Å². The third-order valence-electron chi connectivity index (χ3n) is 5.50. The molecule has 1 fully saturated rings. The molecule has 1 unspecified atom stereocenters. The number of nitrogens with zero attached hydrogens (tertiary/aromatic N) is 4. The molecule has 3 aromatic rings. The molecule has 154 valence electrons. The van der Waals surface area contributed by atoms with Gasteiger partial charge < -0.3 is 19.5 Å². The quantitative estimate of drug-likeness (QED) is 0.402. The number of likely N-dealkylation sites (tertiary alicyclic amines) is 1. The van der Waals surface area contributed by atoms with Crippen LogP contribution in [0.3, 0.4) is 0 Å². The summed E-state index contributed by atoms with van der Waals surface area (Å²) in [5, 5.41) is 12.0. The molecule has 30 heavy (non-hydrogen) atoms. The number of carbonyl (C=O) groups excluding carboxylic acids is 2. The van der Waals surface area contributed by atoms with E-state index < -0.39 is 17.7 Å². The predicted octanol–water partition coefficient (Wildman–Crippen LogP) is 2.56. The Morgan fingerprint density at radius 1 is 1.13 bits per heavy atom. The fourth-order valence-electron chi connectivity index (χ4n) is 4.00. The molecule has 1 N–H and O–H groups in total. The Morgan fingerprint density at radius 3 is 2.53 bits per heavy atom. The Morgan fingerprint density at radius 2 is 1.83 bits per heavy atom. The van der Waals surface area contributed by atoms with Crippen molar-refractivity contribution in [3.8, 4) is 0 Å². The minimum Gasteiger partial charge on any atom is -0.507 e. The van der Waals surface area contributed by atoms with Crippen LogP contribution >= 0.6 is 0 Å². The van der Waals surface area contributed by atoms with Crippen molar-refractivity contribution in [1.29, 1.82) is 0 Å². The van der Waals surface area contributed by atoms with Crippen molar-refractivity contribution in [2.75, 3.05) is 27.2 Å². The Hall–Kier alpha value is -3.45. The molecule has 4 rings (SSSR count). The fraction of sp³-hybridized carbons (Fsp3) is 0.261. The summed E-state index contributed by atoms with van der Waals surface area (Å²) in [5.74, 6) is -1.44. The van der Waals surface area contributed by atoms with E-state index in [2.05, 4.69) is 4.98 Å². The number of aryl methyl sites for hydroxylation is 1. The number of ketones is 1. The smallest absolute Gasteiger partial charge is 0.295 e. The highest BCUT2D eigenvalue weighted by Crippen LogP contribution is 2.42. The molecule has 7 heteroatoms. The van der Waals surface area contributed by atoms with E-state index in [1.54, 1.807) is 29.4 Å². The second-order valence-corrected chi connectivity index (χ2v) is 7.74. The van der Waals surface area contributed by atoms with Crippen LogP contribution < -0.4 is 0 Å². The number of pyridine rings is 1. The molecule has 2 aromatic heterocycles. The van der Waals surface area contributed by atoms with Gasteiger partial charge in [0.25, 0.3) is 11.7 Å². The van der Waals surface area contributed by atoms with E-state index in [0.717, 1.165) is 16.5 Å². The van der Waals surface area contributed by atoms with Gasteiger partial charge >= 0.3 is 0 Å². The number of fused-ring (bicyclic) bond motifs is 1. The van der Waals surface area contributed by atoms with Crippen LogP contribution in [-0.4, -0.2) is 63.3 Å². The Balaban J connectivity index is 1.94. The Bertz CT molecular complexity index is 1150. The maximum Gasteiger partial charge on any atom is 0.295 e. The molecule has 0 saturated carbocycles. The summed E-state index contributed by atoms with van der Waals surface area (Å²) >= 11 is 0. The summed E-state index contributed by atoms with van der Waals surface area (Å²) in [7, 11) is 5.77. The molecule has 0 radical (unpaired) electrons. The van der Waals surface area contributed by atoms with Crippen molar-refractivity contribution in [3.05, 3.63) is 71.7 Å². The zero-order valence-corrected chi connectivity index (χ0v) is 17.2. The molecule has 1 aliphatic rings. The van der Waals surface area contributed by atoms with Crippen LogP contribution in [0, 0.1) is 0 Å². The number of para-hydroxylation sites is 1. The number of aliphatic hydroxyl groups excluding tert-OH is 1. The van der Waals surface area contributed by atoms with Gasteiger partial charge in [0, 0.05) is 60.8 Å². The van der Waals surface area contributed by atoms with Gasteiger partial charge in [0.05, 0.1) is 11.6 Å². The van der Waals surface area contributed by atoms with E-state index in [4.69, 9.17) is 0 Å². The zero-order valence-electron chi connectivity index (χ0n) is 17.2. The molecular weight excluding hydrogens is 380 g/mol. The van der Waals surface area contributed by atoms with Crippen molar-refractivity contribution in [3.63, 3.8) is 0 Å². The maximum atomic E-state index is 13.1. The molecule has 0 aliphatic carbocycles. The summed E-state index contributed by atoms with van der Waals surface area (Å²) in [6, 6.07) is 10.4. The third kappa shape index (κ3) is 3.27. The van der Waals surface area contributed by atoms with Crippen molar-refractivity contribution < 1.29 is 14.7 Å². The van der Waals surface area contributed by atoms with Crippen LogP contribution in [-0.2, 0) is 16.6 Å². The second-order valence-electron chi connectivity index (χ2n) is 7.74. The number of Topliss-reactive ketones (excluding diaryl/α,β-unsaturated/α-hetero) is 1. The van der Waals surface area contributed by atoms with E-state index in [1.807, 2.05) is 61.1 Å². The topological polar surface area (TPSA) is 78.7 Å². The zero-order chi connectivity index (χ0) is 21.4. The van der Waals surface area contributed by atoms with Crippen LogP contribution in [0.2, 0.25) is 0 Å². The van der Waals surface area contributed by atoms with E-state index in [9.17, 15) is 14.7 Å². The highest BCUT2D eigenvalue weighted by Gasteiger charge is 2.46. The molecule has 1 atom stereocenters. The van der Waals surface area contributed by atoms with Gasteiger partial charge in [-0.25, -0.2) is 0 Å². The van der Waals surface area contributed by atoms with Crippen LogP contribution in [0.1, 0.15) is 17.2 Å². The highest BCUT2D eigenvalue weighted by atomic mass is 16.3. The molecule has 3 heterocycles. The second kappa shape index (κ2) is 7.76. The van der Waals surface area contributed by atoms with Crippen LogP contribution in [0.4, 0.5) is 0 Å². The van der Waals surface area contributed by atoms with Crippen LogP contribution in [0.15, 0.2) is 60.6 Å². The molecule has 0 spiro atoms. The van der Waals surface area contributed by atoms with Gasteiger partial charge in [0.1, 0.15) is 5.76 Å². The molecule has 1 amide bonds. The van der Waals surface area contributed by atoms with Gasteiger partial charge in [-0.15, -0.1) is 0 Å². The lowest BCUT2D eigenvalue weighted by Crippen LogP contribution is -2.35. The number of hydrogen-bond donors (Lipinski definition) is 1. The van der Waals surface area contributed by atoms with E-state index in [1.165, 1.54) is 0 Å². The number of rotatable bonds is 5. The third-order valence-corrected chi connectivity index (χ3v) is 5.50. The fourth-order valence-corrected chi connectivity index (χ4v) is 4.00. The van der Waals surface area contributed by atoms with Gasteiger partial charge in [-0.05, 0) is 32.3 Å². The Kier molecular flexibility index (Phi) is 5.13. The molecule has 7 nitrogen and oxygen atoms in total. The van der Waals surface area contributed by atoms with Crippen molar-refractivity contribution in [2.24, 2.45) is 7.05 Å². The van der Waals surface area contributed by atoms with Gasteiger partial charge in [0.15, 0.2) is 0 Å². The summed E-state index contributed by atoms with van der Waals surface area (Å²) < 4.78 is 1.98. The normalized spacial score (nSPS) is 18.7. The number of aliphatic hydroxyl groups is 1. The van der Waals surface area contributed by atoms with E-state index in [-0.39, 0.29) is 11.3 Å². The van der Waals surface area contributed by atoms with Gasteiger partial charge in [-0.2, -0.15) is 0 Å². The number of benzene rings is 1.